The number of aryl methyl sites for hydroxylation is 2. The molecule has 0 bridgehead atoms. The molecule has 1 aromatic heterocycles. The Morgan fingerprint density at radius 3 is 2.57 bits per heavy atom. The van der Waals surface area contributed by atoms with Crippen LogP contribution in [0.2, 0.25) is 0 Å². The van der Waals surface area contributed by atoms with Gasteiger partial charge in [0.15, 0.2) is 6.61 Å². The summed E-state index contributed by atoms with van der Waals surface area (Å²) in [7, 11) is 0. The number of carbonyl (C=O) groups is 1. The van der Waals surface area contributed by atoms with Gasteiger partial charge >= 0.3 is 0 Å². The van der Waals surface area contributed by atoms with Crippen molar-refractivity contribution in [3.8, 4) is 5.75 Å². The Balaban J connectivity index is 1.40. The summed E-state index contributed by atoms with van der Waals surface area (Å²) < 4.78 is 5.47. The minimum absolute atomic E-state index is 0.00309. The summed E-state index contributed by atoms with van der Waals surface area (Å²) in [6, 6.07) is 9.66. The van der Waals surface area contributed by atoms with E-state index in [1.165, 1.54) is 19.3 Å². The number of rotatable bonds is 8. The molecular weight excluding hydrogens is 354 g/mol. The van der Waals surface area contributed by atoms with Gasteiger partial charge in [0.05, 0.1) is 0 Å². The molecule has 0 saturated carbocycles. The monoisotopic (exact) mass is 383 g/mol. The summed E-state index contributed by atoms with van der Waals surface area (Å²) in [5, 5.41) is 6.03. The molecule has 0 radical (unpaired) electrons. The van der Waals surface area contributed by atoms with Gasteiger partial charge in [0, 0.05) is 37.9 Å². The standard InChI is InChI=1S/C21H29N5O2/c1-16-6-8-18(9-7-16)28-15-20(27)22-10-11-23-21-24-17(2)14-19(25-21)26-12-4-3-5-13-26/h6-9,14H,3-5,10-13,15H2,1-2H3,(H,22,27)(H,23,24,25). The Morgan fingerprint density at radius 2 is 1.82 bits per heavy atom. The van der Waals surface area contributed by atoms with Crippen molar-refractivity contribution in [3.63, 3.8) is 0 Å². The highest BCUT2D eigenvalue weighted by Crippen LogP contribution is 2.19. The molecule has 3 rings (SSSR count). The normalized spacial score (nSPS) is 13.9. The average molecular weight is 383 g/mol. The predicted molar refractivity (Wildman–Crippen MR) is 111 cm³/mol. The number of aromatic nitrogens is 2. The average Bonchev–Trinajstić information content (AvgIpc) is 2.71. The van der Waals surface area contributed by atoms with Gasteiger partial charge in [-0.05, 0) is 45.2 Å². The van der Waals surface area contributed by atoms with Crippen molar-refractivity contribution in [2.24, 2.45) is 0 Å². The van der Waals surface area contributed by atoms with Crippen molar-refractivity contribution in [3.05, 3.63) is 41.6 Å². The molecule has 0 atom stereocenters. The quantitative estimate of drug-likeness (QED) is 0.683. The molecule has 0 spiro atoms. The van der Waals surface area contributed by atoms with Gasteiger partial charge < -0.3 is 20.3 Å². The molecule has 7 heteroatoms. The van der Waals surface area contributed by atoms with Crippen LogP contribution in [0.3, 0.4) is 0 Å². The number of carbonyl (C=O) groups excluding carboxylic acids is 1. The Morgan fingerprint density at radius 1 is 1.07 bits per heavy atom. The largest absolute Gasteiger partial charge is 0.484 e. The number of hydrogen-bond donors (Lipinski definition) is 2. The molecule has 1 fully saturated rings. The molecule has 0 unspecified atom stereocenters. The van der Waals surface area contributed by atoms with Gasteiger partial charge in [0.25, 0.3) is 5.91 Å². The molecule has 1 aliphatic heterocycles. The van der Waals surface area contributed by atoms with Crippen LogP contribution in [0.1, 0.15) is 30.5 Å². The first-order chi connectivity index (χ1) is 13.6. The van der Waals surface area contributed by atoms with Crippen LogP contribution in [0.25, 0.3) is 0 Å². The highest BCUT2D eigenvalue weighted by atomic mass is 16.5. The minimum Gasteiger partial charge on any atom is -0.484 e. The van der Waals surface area contributed by atoms with E-state index < -0.39 is 0 Å². The van der Waals surface area contributed by atoms with E-state index in [0.29, 0.717) is 24.8 Å². The van der Waals surface area contributed by atoms with E-state index in [4.69, 9.17) is 4.74 Å². The van der Waals surface area contributed by atoms with Crippen LogP contribution in [0.5, 0.6) is 5.75 Å². The summed E-state index contributed by atoms with van der Waals surface area (Å²) in [5.41, 5.74) is 2.10. The van der Waals surface area contributed by atoms with Gasteiger partial charge in [0.1, 0.15) is 11.6 Å². The van der Waals surface area contributed by atoms with Crippen LogP contribution in [-0.4, -0.2) is 48.7 Å². The first kappa shape index (κ1) is 19.9. The molecule has 7 nitrogen and oxygen atoms in total. The molecule has 28 heavy (non-hydrogen) atoms. The molecule has 2 aromatic rings. The third-order valence-corrected chi connectivity index (χ3v) is 4.64. The lowest BCUT2D eigenvalue weighted by Gasteiger charge is -2.28. The van der Waals surface area contributed by atoms with Gasteiger partial charge in [-0.3, -0.25) is 4.79 Å². The predicted octanol–water partition coefficient (Wildman–Crippen LogP) is 2.69. The second-order valence-electron chi connectivity index (χ2n) is 7.12. The third-order valence-electron chi connectivity index (χ3n) is 4.64. The number of benzene rings is 1. The Hall–Kier alpha value is -2.83. The van der Waals surface area contributed by atoms with Crippen molar-refractivity contribution in [1.82, 2.24) is 15.3 Å². The second-order valence-corrected chi connectivity index (χ2v) is 7.12. The van der Waals surface area contributed by atoms with Gasteiger partial charge in [-0.25, -0.2) is 4.98 Å². The lowest BCUT2D eigenvalue weighted by molar-refractivity contribution is -0.123. The number of amides is 1. The van der Waals surface area contributed by atoms with Crippen LogP contribution in [0.15, 0.2) is 30.3 Å². The number of piperidine rings is 1. The maximum absolute atomic E-state index is 11.9. The number of nitrogens with zero attached hydrogens (tertiary/aromatic N) is 3. The van der Waals surface area contributed by atoms with Gasteiger partial charge in [-0.2, -0.15) is 4.98 Å². The molecule has 0 aliphatic carbocycles. The Kier molecular flexibility index (Phi) is 7.06. The minimum atomic E-state index is -0.151. The fraction of sp³-hybridized carbons (Fsp3) is 0.476. The van der Waals surface area contributed by atoms with E-state index in [1.807, 2.05) is 44.2 Å². The summed E-state index contributed by atoms with van der Waals surface area (Å²) in [6.07, 6.45) is 3.71. The Bertz CT molecular complexity index is 773. The van der Waals surface area contributed by atoms with Crippen LogP contribution in [0, 0.1) is 13.8 Å². The van der Waals surface area contributed by atoms with E-state index in [2.05, 4.69) is 25.5 Å². The number of hydrogen-bond acceptors (Lipinski definition) is 6. The van der Waals surface area contributed by atoms with Gasteiger partial charge in [-0.1, -0.05) is 17.7 Å². The summed E-state index contributed by atoms with van der Waals surface area (Å²) >= 11 is 0. The highest BCUT2D eigenvalue weighted by Gasteiger charge is 2.13. The number of anilines is 2. The second kappa shape index (κ2) is 9.92. The molecule has 1 aliphatic rings. The maximum Gasteiger partial charge on any atom is 0.258 e. The number of ether oxygens (including phenoxy) is 1. The van der Waals surface area contributed by atoms with E-state index >= 15 is 0 Å². The summed E-state index contributed by atoms with van der Waals surface area (Å²) in [5.74, 6) is 2.12. The van der Waals surface area contributed by atoms with Crippen LogP contribution < -0.4 is 20.3 Å². The van der Waals surface area contributed by atoms with Crippen molar-refractivity contribution in [1.29, 1.82) is 0 Å². The Labute approximate surface area is 166 Å². The zero-order chi connectivity index (χ0) is 19.8. The SMILES string of the molecule is Cc1ccc(OCC(=O)NCCNc2nc(C)cc(N3CCCCC3)n2)cc1. The van der Waals surface area contributed by atoms with Crippen LogP contribution >= 0.6 is 0 Å². The zero-order valence-corrected chi connectivity index (χ0v) is 16.7. The van der Waals surface area contributed by atoms with Crippen molar-refractivity contribution in [2.75, 3.05) is 43.0 Å². The summed E-state index contributed by atoms with van der Waals surface area (Å²) in [4.78, 5) is 23.3. The first-order valence-electron chi connectivity index (χ1n) is 9.91. The topological polar surface area (TPSA) is 79.4 Å². The van der Waals surface area contributed by atoms with Crippen LogP contribution in [0.4, 0.5) is 11.8 Å². The molecule has 2 N–H and O–H groups in total. The fourth-order valence-corrected chi connectivity index (χ4v) is 3.13. The zero-order valence-electron chi connectivity index (χ0n) is 16.7. The summed E-state index contributed by atoms with van der Waals surface area (Å²) in [6.45, 7) is 7.12. The molecule has 1 saturated heterocycles. The van der Waals surface area contributed by atoms with Crippen molar-refractivity contribution in [2.45, 2.75) is 33.1 Å². The van der Waals surface area contributed by atoms with E-state index in [0.717, 1.165) is 30.2 Å². The van der Waals surface area contributed by atoms with Gasteiger partial charge in [0.2, 0.25) is 5.95 Å². The molecular formula is C21H29N5O2. The van der Waals surface area contributed by atoms with Crippen molar-refractivity contribution < 1.29 is 9.53 Å². The lowest BCUT2D eigenvalue weighted by atomic mass is 10.1. The molecule has 1 aromatic carbocycles. The fourth-order valence-electron chi connectivity index (χ4n) is 3.13. The maximum atomic E-state index is 11.9. The van der Waals surface area contributed by atoms with Crippen molar-refractivity contribution >= 4 is 17.7 Å². The van der Waals surface area contributed by atoms with E-state index in [1.54, 1.807) is 0 Å². The highest BCUT2D eigenvalue weighted by molar-refractivity contribution is 5.77. The van der Waals surface area contributed by atoms with Gasteiger partial charge in [-0.15, -0.1) is 0 Å². The number of nitrogens with one attached hydrogen (secondary N) is 2. The lowest BCUT2D eigenvalue weighted by Crippen LogP contribution is -2.33. The third kappa shape index (κ3) is 6.11. The molecule has 150 valence electrons. The first-order valence-corrected chi connectivity index (χ1v) is 9.91. The van der Waals surface area contributed by atoms with Crippen LogP contribution in [-0.2, 0) is 4.79 Å². The van der Waals surface area contributed by atoms with E-state index in [9.17, 15) is 4.79 Å². The van der Waals surface area contributed by atoms with E-state index in [-0.39, 0.29) is 12.5 Å². The molecule has 2 heterocycles. The molecule has 1 amide bonds. The smallest absolute Gasteiger partial charge is 0.258 e.